The van der Waals surface area contributed by atoms with Crippen LogP contribution in [-0.4, -0.2) is 4.37 Å². The quantitative estimate of drug-likeness (QED) is 0.692. The summed E-state index contributed by atoms with van der Waals surface area (Å²) in [5, 5.41) is 1.82. The number of benzene rings is 1. The third-order valence-electron chi connectivity index (χ3n) is 1.43. The second kappa shape index (κ2) is 2.73. The molecule has 0 aliphatic rings. The minimum absolute atomic E-state index is 0.734. The zero-order valence-electron chi connectivity index (χ0n) is 5.34. The van der Waals surface area contributed by atoms with E-state index in [1.54, 1.807) is 0 Å². The average molecular weight is 249 g/mol. The summed E-state index contributed by atoms with van der Waals surface area (Å²) in [5.74, 6) is 0. The lowest BCUT2D eigenvalue weighted by Gasteiger charge is -1.94. The van der Waals surface area contributed by atoms with Gasteiger partial charge in [0.2, 0.25) is 0 Å². The summed E-state index contributed by atoms with van der Waals surface area (Å²) in [7, 11) is 0. The fourth-order valence-electron chi connectivity index (χ4n) is 0.884. The van der Waals surface area contributed by atoms with Gasteiger partial charge in [0.25, 0.3) is 0 Å². The Bertz CT molecular complexity index is 398. The van der Waals surface area contributed by atoms with E-state index in [2.05, 4.69) is 20.3 Å². The van der Waals surface area contributed by atoms with Gasteiger partial charge in [-0.25, -0.2) is 0 Å². The lowest BCUT2D eigenvalue weighted by Crippen LogP contribution is -1.68. The molecule has 2 aromatic rings. The lowest BCUT2D eigenvalue weighted by atomic mass is 10.3. The highest BCUT2D eigenvalue weighted by Gasteiger charge is 2.03. The molecule has 1 heterocycles. The SMILES string of the molecule is Clc1ccc2sncc2c1Br. The van der Waals surface area contributed by atoms with Gasteiger partial charge in [-0.05, 0) is 39.6 Å². The van der Waals surface area contributed by atoms with Crippen LogP contribution in [0.15, 0.2) is 22.8 Å². The van der Waals surface area contributed by atoms with Crippen LogP contribution in [0.3, 0.4) is 0 Å². The van der Waals surface area contributed by atoms with Crippen molar-refractivity contribution >= 4 is 49.1 Å². The first-order valence-corrected chi connectivity index (χ1v) is 4.92. The second-order valence-electron chi connectivity index (χ2n) is 2.10. The number of halogens is 2. The zero-order valence-corrected chi connectivity index (χ0v) is 8.50. The number of nitrogens with zero attached hydrogens (tertiary/aromatic N) is 1. The molecule has 0 radical (unpaired) electrons. The fourth-order valence-corrected chi connectivity index (χ4v) is 2.28. The standard InChI is InChI=1S/C7H3BrClNS/c8-7-4-3-10-11-6(4)2-1-5(7)9/h1-3H. The molecule has 0 amide bonds. The van der Waals surface area contributed by atoms with Crippen molar-refractivity contribution in [2.75, 3.05) is 0 Å². The molecule has 0 bridgehead atoms. The normalized spacial score (nSPS) is 10.7. The second-order valence-corrected chi connectivity index (χ2v) is 4.13. The molecule has 0 aliphatic heterocycles. The number of hydrogen-bond donors (Lipinski definition) is 0. The Morgan fingerprint density at radius 3 is 3.09 bits per heavy atom. The Labute approximate surface area is 81.3 Å². The molecule has 56 valence electrons. The lowest BCUT2D eigenvalue weighted by molar-refractivity contribution is 1.60. The molecular weight excluding hydrogens is 246 g/mol. The zero-order chi connectivity index (χ0) is 7.84. The van der Waals surface area contributed by atoms with Crippen LogP contribution in [0.1, 0.15) is 0 Å². The van der Waals surface area contributed by atoms with Gasteiger partial charge in [0.05, 0.1) is 9.72 Å². The number of aromatic nitrogens is 1. The number of rotatable bonds is 0. The van der Waals surface area contributed by atoms with Gasteiger partial charge in [-0.3, -0.25) is 0 Å². The van der Waals surface area contributed by atoms with E-state index in [0.29, 0.717) is 0 Å². The monoisotopic (exact) mass is 247 g/mol. The third kappa shape index (κ3) is 1.17. The Balaban J connectivity index is 2.93. The molecule has 0 unspecified atom stereocenters. The summed E-state index contributed by atoms with van der Waals surface area (Å²) in [5.41, 5.74) is 0. The molecular formula is C7H3BrClNS. The average Bonchev–Trinajstić information content (AvgIpc) is 2.45. The number of hydrogen-bond acceptors (Lipinski definition) is 2. The summed E-state index contributed by atoms with van der Waals surface area (Å²) in [6, 6.07) is 3.84. The van der Waals surface area contributed by atoms with Gasteiger partial charge in [-0.15, -0.1) is 0 Å². The van der Waals surface area contributed by atoms with Crippen molar-refractivity contribution in [3.8, 4) is 0 Å². The van der Waals surface area contributed by atoms with Crippen molar-refractivity contribution < 1.29 is 0 Å². The maximum Gasteiger partial charge on any atom is 0.0562 e. The van der Waals surface area contributed by atoms with Crippen molar-refractivity contribution in [2.24, 2.45) is 0 Å². The Kier molecular flexibility index (Phi) is 1.87. The van der Waals surface area contributed by atoms with Gasteiger partial charge in [-0.2, -0.15) is 4.37 Å². The van der Waals surface area contributed by atoms with Crippen LogP contribution in [0.5, 0.6) is 0 Å². The van der Waals surface area contributed by atoms with Crippen LogP contribution in [-0.2, 0) is 0 Å². The van der Waals surface area contributed by atoms with Gasteiger partial charge in [0.15, 0.2) is 0 Å². The van der Waals surface area contributed by atoms with Crippen molar-refractivity contribution in [3.05, 3.63) is 27.8 Å². The van der Waals surface area contributed by atoms with Gasteiger partial charge in [-0.1, -0.05) is 11.6 Å². The first kappa shape index (κ1) is 7.53. The van der Waals surface area contributed by atoms with Gasteiger partial charge >= 0.3 is 0 Å². The highest BCUT2D eigenvalue weighted by molar-refractivity contribution is 9.10. The van der Waals surface area contributed by atoms with Crippen LogP contribution in [0, 0.1) is 0 Å². The van der Waals surface area contributed by atoms with Crippen LogP contribution in [0.25, 0.3) is 10.1 Å². The molecule has 4 heteroatoms. The van der Waals surface area contributed by atoms with Crippen molar-refractivity contribution in [1.29, 1.82) is 0 Å². The molecule has 0 saturated carbocycles. The van der Waals surface area contributed by atoms with Crippen molar-refractivity contribution in [3.63, 3.8) is 0 Å². The molecule has 1 aromatic heterocycles. The molecule has 0 spiro atoms. The van der Waals surface area contributed by atoms with E-state index in [9.17, 15) is 0 Å². The number of fused-ring (bicyclic) bond motifs is 1. The van der Waals surface area contributed by atoms with Crippen molar-refractivity contribution in [1.82, 2.24) is 4.37 Å². The largest absolute Gasteiger partial charge is 0.200 e. The van der Waals surface area contributed by atoms with E-state index in [1.165, 1.54) is 11.5 Å². The molecule has 0 fully saturated rings. The minimum atomic E-state index is 0.734. The van der Waals surface area contributed by atoms with E-state index in [4.69, 9.17) is 11.6 Å². The highest BCUT2D eigenvalue weighted by Crippen LogP contribution is 2.32. The van der Waals surface area contributed by atoms with Crippen LogP contribution >= 0.6 is 39.1 Å². The van der Waals surface area contributed by atoms with E-state index < -0.39 is 0 Å². The predicted octanol–water partition coefficient (Wildman–Crippen LogP) is 3.71. The van der Waals surface area contributed by atoms with Crippen LogP contribution < -0.4 is 0 Å². The maximum absolute atomic E-state index is 5.87. The summed E-state index contributed by atoms with van der Waals surface area (Å²) < 4.78 is 6.15. The van der Waals surface area contributed by atoms with E-state index >= 15 is 0 Å². The van der Waals surface area contributed by atoms with E-state index in [-0.39, 0.29) is 0 Å². The van der Waals surface area contributed by atoms with E-state index in [0.717, 1.165) is 19.6 Å². The summed E-state index contributed by atoms with van der Waals surface area (Å²) in [6.07, 6.45) is 1.82. The van der Waals surface area contributed by atoms with Gasteiger partial charge in [0.1, 0.15) is 0 Å². The first-order chi connectivity index (χ1) is 5.29. The Morgan fingerprint density at radius 1 is 1.45 bits per heavy atom. The van der Waals surface area contributed by atoms with Crippen molar-refractivity contribution in [2.45, 2.75) is 0 Å². The molecule has 0 aliphatic carbocycles. The van der Waals surface area contributed by atoms with Gasteiger partial charge < -0.3 is 0 Å². The smallest absolute Gasteiger partial charge is 0.0562 e. The molecule has 0 atom stereocenters. The minimum Gasteiger partial charge on any atom is -0.200 e. The molecule has 2 rings (SSSR count). The molecule has 0 saturated heterocycles. The van der Waals surface area contributed by atoms with Crippen LogP contribution in [0.4, 0.5) is 0 Å². The predicted molar refractivity (Wildman–Crippen MR) is 52.3 cm³/mol. The maximum atomic E-state index is 5.87. The third-order valence-corrected chi connectivity index (χ3v) is 3.59. The topological polar surface area (TPSA) is 12.9 Å². The Hall–Kier alpha value is -0.120. The summed E-state index contributed by atoms with van der Waals surface area (Å²) in [4.78, 5) is 0. The fraction of sp³-hybridized carbons (Fsp3) is 0. The summed E-state index contributed by atoms with van der Waals surface area (Å²) >= 11 is 10.7. The molecule has 1 aromatic carbocycles. The van der Waals surface area contributed by atoms with Crippen LogP contribution in [0.2, 0.25) is 5.02 Å². The van der Waals surface area contributed by atoms with E-state index in [1.807, 2.05) is 18.3 Å². The summed E-state index contributed by atoms with van der Waals surface area (Å²) in [6.45, 7) is 0. The molecule has 11 heavy (non-hydrogen) atoms. The first-order valence-electron chi connectivity index (χ1n) is 2.97. The molecule has 1 nitrogen and oxygen atoms in total. The van der Waals surface area contributed by atoms with Gasteiger partial charge in [0, 0.05) is 16.1 Å². The highest BCUT2D eigenvalue weighted by atomic mass is 79.9. The molecule has 0 N–H and O–H groups in total. The Morgan fingerprint density at radius 2 is 2.27 bits per heavy atom.